The molecule has 0 fully saturated rings. The van der Waals surface area contributed by atoms with Crippen molar-refractivity contribution in [1.29, 1.82) is 0 Å². The van der Waals surface area contributed by atoms with E-state index >= 15 is 0 Å². The van der Waals surface area contributed by atoms with Crippen molar-refractivity contribution in [3.63, 3.8) is 0 Å². The SMILES string of the molecule is CC(C)[N-]C(C)CC(C)[N-]C(C)(C)C.[CH3-].[Zn]. The average molecular weight is 279 g/mol. The fourth-order valence-corrected chi connectivity index (χ4v) is 1.78. The molecule has 0 heterocycles. The largest absolute Gasteiger partial charge is 0.657 e. The summed E-state index contributed by atoms with van der Waals surface area (Å²) in [5, 5.41) is 9.28. The molecule has 0 radical (unpaired) electrons. The second kappa shape index (κ2) is 9.56. The Balaban J connectivity index is -0.000000845. The molecule has 0 amide bonds. The summed E-state index contributed by atoms with van der Waals surface area (Å²) in [7, 11) is 0. The molecule has 0 aromatic rings. The topological polar surface area (TPSA) is 28.2 Å². The maximum atomic E-state index is 4.70. The van der Waals surface area contributed by atoms with Crippen molar-refractivity contribution < 1.29 is 19.5 Å². The van der Waals surface area contributed by atoms with E-state index in [2.05, 4.69) is 53.8 Å². The molecule has 0 aliphatic carbocycles. The van der Waals surface area contributed by atoms with Crippen LogP contribution in [0.25, 0.3) is 10.6 Å². The molecule has 2 atom stereocenters. The molecular weight excluding hydrogens is 250 g/mol. The molecule has 0 spiro atoms. The van der Waals surface area contributed by atoms with Crippen molar-refractivity contribution in [3.05, 3.63) is 18.1 Å². The molecule has 96 valence electrons. The predicted octanol–water partition coefficient (Wildman–Crippen LogP) is 4.56. The van der Waals surface area contributed by atoms with E-state index in [0.29, 0.717) is 18.1 Å². The molecule has 3 heteroatoms. The van der Waals surface area contributed by atoms with Crippen LogP contribution < -0.4 is 0 Å². The maximum absolute atomic E-state index is 4.70. The van der Waals surface area contributed by atoms with Gasteiger partial charge in [-0.3, -0.25) is 0 Å². The van der Waals surface area contributed by atoms with Gasteiger partial charge in [-0.15, -0.1) is 23.7 Å². The Hall–Kier alpha value is 0.543. The van der Waals surface area contributed by atoms with Gasteiger partial charge in [-0.1, -0.05) is 54.9 Å². The van der Waals surface area contributed by atoms with Crippen LogP contribution in [-0.4, -0.2) is 23.7 Å². The molecule has 0 saturated heterocycles. The summed E-state index contributed by atoms with van der Waals surface area (Å²) in [6, 6.07) is 1.27. The van der Waals surface area contributed by atoms with E-state index in [-0.39, 0.29) is 32.4 Å². The summed E-state index contributed by atoms with van der Waals surface area (Å²) < 4.78 is 0. The zero-order chi connectivity index (χ0) is 11.4. The van der Waals surface area contributed by atoms with Crippen molar-refractivity contribution in [2.75, 3.05) is 0 Å². The minimum atomic E-state index is 0. The average Bonchev–Trinajstić information content (AvgIpc) is 1.77. The van der Waals surface area contributed by atoms with E-state index < -0.39 is 0 Å². The number of rotatable bonds is 5. The Bertz CT molecular complexity index is 153. The van der Waals surface area contributed by atoms with E-state index in [1.165, 1.54) is 0 Å². The fraction of sp³-hybridized carbons (Fsp3) is 0.923. The molecule has 0 aliphatic heterocycles. The van der Waals surface area contributed by atoms with Gasteiger partial charge in [-0.05, 0) is 0 Å². The van der Waals surface area contributed by atoms with Gasteiger partial charge < -0.3 is 18.1 Å². The van der Waals surface area contributed by atoms with E-state index in [4.69, 9.17) is 5.32 Å². The van der Waals surface area contributed by atoms with Gasteiger partial charge in [0.15, 0.2) is 0 Å². The third kappa shape index (κ3) is 14.5. The second-order valence-electron chi connectivity index (χ2n) is 5.48. The van der Waals surface area contributed by atoms with Gasteiger partial charge in [-0.2, -0.15) is 0 Å². The van der Waals surface area contributed by atoms with Crippen LogP contribution in [0, 0.1) is 7.43 Å². The zero-order valence-corrected chi connectivity index (χ0v) is 15.5. The molecule has 2 unspecified atom stereocenters. The third-order valence-corrected chi connectivity index (χ3v) is 1.84. The van der Waals surface area contributed by atoms with Crippen LogP contribution in [0.1, 0.15) is 54.9 Å². The molecule has 2 nitrogen and oxygen atoms in total. The number of nitrogens with zero attached hydrogens (tertiary/aromatic N) is 2. The molecule has 0 N–H and O–H groups in total. The normalized spacial score (nSPS) is 15.0. The molecule has 0 saturated carbocycles. The molecule has 0 aliphatic rings. The van der Waals surface area contributed by atoms with Crippen LogP contribution in [0.5, 0.6) is 0 Å². The van der Waals surface area contributed by atoms with Crippen LogP contribution >= 0.6 is 0 Å². The van der Waals surface area contributed by atoms with Gasteiger partial charge in [0.2, 0.25) is 0 Å². The molecule has 0 rings (SSSR count). The second-order valence-corrected chi connectivity index (χ2v) is 5.48. The van der Waals surface area contributed by atoms with Gasteiger partial charge >= 0.3 is 0 Å². The first-order valence-corrected chi connectivity index (χ1v) is 5.62. The summed E-state index contributed by atoms with van der Waals surface area (Å²) in [5.41, 5.74) is 0.0803. The van der Waals surface area contributed by atoms with E-state index in [1.54, 1.807) is 0 Å². The minimum Gasteiger partial charge on any atom is -0.657 e. The molecule has 16 heavy (non-hydrogen) atoms. The Kier molecular flexibility index (Phi) is 13.0. The maximum Gasteiger partial charge on any atom is 0 e. The van der Waals surface area contributed by atoms with E-state index in [9.17, 15) is 0 Å². The van der Waals surface area contributed by atoms with Gasteiger partial charge in [0.05, 0.1) is 0 Å². The van der Waals surface area contributed by atoms with Crippen molar-refractivity contribution in [2.24, 2.45) is 0 Å². The predicted molar refractivity (Wildman–Crippen MR) is 71.6 cm³/mol. The van der Waals surface area contributed by atoms with Crippen molar-refractivity contribution in [1.82, 2.24) is 0 Å². The standard InChI is InChI=1S/C12H26N2.CH3.Zn/c1-9(2)13-10(3)8-11(4)14-12(5,6)7;;/h9-11H,8H2,1-7H3;1H3;/q-2;-1;. The summed E-state index contributed by atoms with van der Waals surface area (Å²) in [6.45, 7) is 15.0. The smallest absolute Gasteiger partial charge is 0 e. The number of hydrogen-bond acceptors (Lipinski definition) is 0. The first kappa shape index (κ1) is 21.8. The van der Waals surface area contributed by atoms with Crippen LogP contribution in [0.3, 0.4) is 0 Å². The van der Waals surface area contributed by atoms with Crippen molar-refractivity contribution in [2.45, 2.75) is 78.6 Å². The quantitative estimate of drug-likeness (QED) is 0.521. The minimum absolute atomic E-state index is 0. The monoisotopic (exact) mass is 277 g/mol. The Morgan fingerprint density at radius 1 is 0.938 bits per heavy atom. The first-order valence-electron chi connectivity index (χ1n) is 5.62. The third-order valence-electron chi connectivity index (χ3n) is 1.84. The van der Waals surface area contributed by atoms with Gasteiger partial charge in [0.25, 0.3) is 0 Å². The van der Waals surface area contributed by atoms with E-state index in [0.717, 1.165) is 6.42 Å². The van der Waals surface area contributed by atoms with E-state index in [1.807, 2.05) is 0 Å². The summed E-state index contributed by atoms with van der Waals surface area (Å²) in [5.74, 6) is 0. The van der Waals surface area contributed by atoms with Crippen LogP contribution in [0.15, 0.2) is 0 Å². The zero-order valence-electron chi connectivity index (χ0n) is 12.5. The van der Waals surface area contributed by atoms with Crippen molar-refractivity contribution in [3.8, 4) is 0 Å². The first-order chi connectivity index (χ1) is 6.20. The van der Waals surface area contributed by atoms with Crippen molar-refractivity contribution >= 4 is 0 Å². The molecule has 0 aromatic heterocycles. The summed E-state index contributed by atoms with van der Waals surface area (Å²) >= 11 is 0. The molecule has 0 bridgehead atoms. The molecule has 0 aromatic carbocycles. The van der Waals surface area contributed by atoms with Crippen LogP contribution in [0.2, 0.25) is 0 Å². The Labute approximate surface area is 116 Å². The Morgan fingerprint density at radius 3 is 1.69 bits per heavy atom. The van der Waals surface area contributed by atoms with Gasteiger partial charge in [0.1, 0.15) is 0 Å². The van der Waals surface area contributed by atoms with Gasteiger partial charge in [0, 0.05) is 19.5 Å². The van der Waals surface area contributed by atoms with Gasteiger partial charge in [-0.25, -0.2) is 0 Å². The summed E-state index contributed by atoms with van der Waals surface area (Å²) in [4.78, 5) is 0. The Morgan fingerprint density at radius 2 is 1.38 bits per heavy atom. The van der Waals surface area contributed by atoms with Crippen LogP contribution in [0.4, 0.5) is 0 Å². The van der Waals surface area contributed by atoms with Crippen LogP contribution in [-0.2, 0) is 19.5 Å². The molecular formula is C13H29N2Zn-3. The summed E-state index contributed by atoms with van der Waals surface area (Å²) in [6.07, 6.45) is 1.06. The number of hydrogen-bond donors (Lipinski definition) is 0. The fourth-order valence-electron chi connectivity index (χ4n) is 1.78.